The third-order valence-corrected chi connectivity index (χ3v) is 5.84. The van der Waals surface area contributed by atoms with Crippen molar-refractivity contribution < 1.29 is 4.79 Å². The highest BCUT2D eigenvalue weighted by Crippen LogP contribution is 2.18. The van der Waals surface area contributed by atoms with Crippen molar-refractivity contribution in [3.63, 3.8) is 0 Å². The van der Waals surface area contributed by atoms with E-state index in [1.807, 2.05) is 0 Å². The highest BCUT2D eigenvalue weighted by Gasteiger charge is 2.23. The maximum atomic E-state index is 11.5. The molecule has 2 aromatic rings. The van der Waals surface area contributed by atoms with E-state index in [9.17, 15) is 4.79 Å². The van der Waals surface area contributed by atoms with Crippen LogP contribution in [-0.2, 0) is 24.4 Å². The zero-order valence-corrected chi connectivity index (χ0v) is 20.6. The minimum Gasteiger partial charge on any atom is -0.369 e. The first-order chi connectivity index (χ1) is 14.1. The van der Waals surface area contributed by atoms with Crippen LogP contribution in [0.15, 0.2) is 46.1 Å². The van der Waals surface area contributed by atoms with Crippen molar-refractivity contribution >= 4 is 47.2 Å². The molecule has 1 unspecified atom stereocenters. The molecule has 1 atom stereocenters. The van der Waals surface area contributed by atoms with E-state index < -0.39 is 0 Å². The molecule has 1 aliphatic rings. The highest BCUT2D eigenvalue weighted by atomic mass is 127. The van der Waals surface area contributed by atoms with Gasteiger partial charge in [-0.15, -0.1) is 24.0 Å². The summed E-state index contributed by atoms with van der Waals surface area (Å²) in [4.78, 5) is 18.5. The van der Waals surface area contributed by atoms with Crippen LogP contribution < -0.4 is 16.4 Å². The summed E-state index contributed by atoms with van der Waals surface area (Å²) in [5.41, 5.74) is 9.21. The number of nitrogens with one attached hydrogen (secondary N) is 2. The number of nitrogens with zero attached hydrogens (tertiary/aromatic N) is 2. The fraction of sp³-hybridized carbons (Fsp3) is 0.455. The first-order valence-electron chi connectivity index (χ1n) is 10.3. The molecule has 1 aromatic heterocycles. The first-order valence-corrected chi connectivity index (χ1v) is 11.2. The Morgan fingerprint density at radius 2 is 2.10 bits per heavy atom. The number of hydrogen-bond acceptors (Lipinski definition) is 4. The molecule has 2 heterocycles. The number of nitrogens with two attached hydrogens (primary N) is 1. The molecule has 30 heavy (non-hydrogen) atoms. The Bertz CT molecular complexity index is 812. The summed E-state index contributed by atoms with van der Waals surface area (Å²) in [6.45, 7) is 6.92. The van der Waals surface area contributed by atoms with E-state index in [4.69, 9.17) is 5.73 Å². The van der Waals surface area contributed by atoms with Gasteiger partial charge in [0, 0.05) is 26.2 Å². The van der Waals surface area contributed by atoms with Crippen molar-refractivity contribution in [2.24, 2.45) is 16.6 Å². The molecule has 8 heteroatoms. The van der Waals surface area contributed by atoms with Crippen molar-refractivity contribution in [1.82, 2.24) is 15.5 Å². The number of likely N-dealkylation sites (tertiary alicyclic amines) is 1. The van der Waals surface area contributed by atoms with Gasteiger partial charge >= 0.3 is 0 Å². The van der Waals surface area contributed by atoms with E-state index in [-0.39, 0.29) is 35.8 Å². The molecule has 1 aliphatic heterocycles. The summed E-state index contributed by atoms with van der Waals surface area (Å²) in [6.07, 6.45) is 1.94. The van der Waals surface area contributed by atoms with Crippen LogP contribution in [0, 0.1) is 5.92 Å². The van der Waals surface area contributed by atoms with Crippen molar-refractivity contribution in [2.75, 3.05) is 19.6 Å². The molecule has 164 valence electrons. The quantitative estimate of drug-likeness (QED) is 0.272. The molecule has 0 saturated carbocycles. The van der Waals surface area contributed by atoms with E-state index in [2.05, 4.69) is 68.5 Å². The Morgan fingerprint density at radius 3 is 2.83 bits per heavy atom. The van der Waals surface area contributed by atoms with Crippen molar-refractivity contribution in [3.8, 4) is 0 Å². The molecular formula is C22H32IN5OS. The SMILES string of the molecule is CCNC(=NCc1ccsc1)NCc1cccc(CN2CCCC(C(N)=O)C2)c1.I. The molecular weight excluding hydrogens is 509 g/mol. The molecule has 1 aromatic carbocycles. The number of rotatable bonds is 8. The summed E-state index contributed by atoms with van der Waals surface area (Å²) in [5, 5.41) is 10.9. The van der Waals surface area contributed by atoms with Crippen LogP contribution in [0.5, 0.6) is 0 Å². The zero-order valence-electron chi connectivity index (χ0n) is 17.5. The second kappa shape index (κ2) is 12.9. The van der Waals surface area contributed by atoms with Gasteiger partial charge in [-0.05, 0) is 59.8 Å². The molecule has 1 saturated heterocycles. The minimum absolute atomic E-state index is 0. The number of guanidine groups is 1. The lowest BCUT2D eigenvalue weighted by Gasteiger charge is -2.31. The Balaban J connectivity index is 0.00000320. The Labute approximate surface area is 200 Å². The van der Waals surface area contributed by atoms with Crippen LogP contribution in [0.4, 0.5) is 0 Å². The van der Waals surface area contributed by atoms with Gasteiger partial charge in [0.2, 0.25) is 5.91 Å². The Morgan fingerprint density at radius 1 is 1.27 bits per heavy atom. The molecule has 1 fully saturated rings. The summed E-state index contributed by atoms with van der Waals surface area (Å²) in [6, 6.07) is 10.7. The normalized spacial score (nSPS) is 17.2. The van der Waals surface area contributed by atoms with Gasteiger partial charge in [0.25, 0.3) is 0 Å². The molecule has 0 aliphatic carbocycles. The monoisotopic (exact) mass is 541 g/mol. The number of thiophene rings is 1. The first kappa shape index (κ1) is 24.6. The number of amides is 1. The molecule has 4 N–H and O–H groups in total. The van der Waals surface area contributed by atoms with Crippen LogP contribution >= 0.6 is 35.3 Å². The second-order valence-electron chi connectivity index (χ2n) is 7.48. The van der Waals surface area contributed by atoms with Gasteiger partial charge in [0.1, 0.15) is 0 Å². The average Bonchev–Trinajstić information content (AvgIpc) is 3.24. The van der Waals surface area contributed by atoms with E-state index in [1.165, 1.54) is 16.7 Å². The number of primary amides is 1. The molecule has 1 amide bonds. The van der Waals surface area contributed by atoms with Gasteiger partial charge in [0.15, 0.2) is 5.96 Å². The topological polar surface area (TPSA) is 82.8 Å². The predicted molar refractivity (Wildman–Crippen MR) is 135 cm³/mol. The van der Waals surface area contributed by atoms with Crippen LogP contribution in [0.2, 0.25) is 0 Å². The number of hydrogen-bond donors (Lipinski definition) is 3. The Kier molecular flexibility index (Phi) is 10.6. The number of aliphatic imine (C=N–C) groups is 1. The summed E-state index contributed by atoms with van der Waals surface area (Å²) in [5.74, 6) is 0.630. The van der Waals surface area contributed by atoms with Crippen molar-refractivity contribution in [1.29, 1.82) is 0 Å². The third kappa shape index (κ3) is 7.88. The second-order valence-corrected chi connectivity index (χ2v) is 8.26. The number of carbonyl (C=O) groups excluding carboxylic acids is 1. The van der Waals surface area contributed by atoms with Crippen molar-refractivity contribution in [3.05, 3.63) is 57.8 Å². The van der Waals surface area contributed by atoms with E-state index in [0.717, 1.165) is 45.0 Å². The van der Waals surface area contributed by atoms with Gasteiger partial charge in [-0.3, -0.25) is 9.69 Å². The smallest absolute Gasteiger partial charge is 0.221 e. The van der Waals surface area contributed by atoms with Crippen LogP contribution in [-0.4, -0.2) is 36.4 Å². The molecule has 0 spiro atoms. The average molecular weight is 542 g/mol. The fourth-order valence-corrected chi connectivity index (χ4v) is 4.27. The largest absolute Gasteiger partial charge is 0.369 e. The highest BCUT2D eigenvalue weighted by molar-refractivity contribution is 14.0. The zero-order chi connectivity index (χ0) is 20.5. The van der Waals surface area contributed by atoms with Gasteiger partial charge in [0.05, 0.1) is 12.5 Å². The van der Waals surface area contributed by atoms with Crippen LogP contribution in [0.1, 0.15) is 36.5 Å². The Hall–Kier alpha value is -1.65. The summed E-state index contributed by atoms with van der Waals surface area (Å²) >= 11 is 1.69. The molecule has 6 nitrogen and oxygen atoms in total. The number of benzene rings is 1. The van der Waals surface area contributed by atoms with Crippen molar-refractivity contribution in [2.45, 2.75) is 39.4 Å². The van der Waals surface area contributed by atoms with E-state index >= 15 is 0 Å². The van der Waals surface area contributed by atoms with Gasteiger partial charge in [-0.25, -0.2) is 4.99 Å². The van der Waals surface area contributed by atoms with Gasteiger partial charge < -0.3 is 16.4 Å². The number of halogens is 1. The third-order valence-electron chi connectivity index (χ3n) is 5.11. The minimum atomic E-state index is -0.176. The van der Waals surface area contributed by atoms with Crippen LogP contribution in [0.25, 0.3) is 0 Å². The lowest BCUT2D eigenvalue weighted by Crippen LogP contribution is -2.40. The maximum absolute atomic E-state index is 11.5. The van der Waals surface area contributed by atoms with Crippen LogP contribution in [0.3, 0.4) is 0 Å². The predicted octanol–water partition coefficient (Wildman–Crippen LogP) is 3.32. The molecule has 0 radical (unpaired) electrons. The number of carbonyl (C=O) groups is 1. The summed E-state index contributed by atoms with van der Waals surface area (Å²) < 4.78 is 0. The van der Waals surface area contributed by atoms with E-state index in [1.54, 1.807) is 11.3 Å². The lowest BCUT2D eigenvalue weighted by molar-refractivity contribution is -0.123. The maximum Gasteiger partial charge on any atom is 0.221 e. The summed E-state index contributed by atoms with van der Waals surface area (Å²) in [7, 11) is 0. The lowest BCUT2D eigenvalue weighted by atomic mass is 9.97. The van der Waals surface area contributed by atoms with Gasteiger partial charge in [-0.2, -0.15) is 11.3 Å². The molecule has 3 rings (SSSR count). The van der Waals surface area contributed by atoms with Gasteiger partial charge in [-0.1, -0.05) is 24.3 Å². The number of piperidine rings is 1. The molecule has 0 bridgehead atoms. The fourth-order valence-electron chi connectivity index (χ4n) is 3.61. The van der Waals surface area contributed by atoms with E-state index in [0.29, 0.717) is 13.1 Å². The standard InChI is InChI=1S/C22H31N5OS.HI/c1-2-24-22(26-13-19-8-10-29-16-19)25-12-17-5-3-6-18(11-17)14-27-9-4-7-20(15-27)21(23)28;/h3,5-6,8,10-11,16,20H,2,4,7,9,12-15H2,1H3,(H2,23,28)(H2,24,25,26);1H.